The number of aromatic nitrogens is 2. The summed E-state index contributed by atoms with van der Waals surface area (Å²) >= 11 is 7.32. The first-order valence-electron chi connectivity index (χ1n) is 6.75. The number of fused-ring (bicyclic) bond motifs is 1. The molecule has 0 aromatic carbocycles. The largest absolute Gasteiger partial charge is 0.378 e. The summed E-state index contributed by atoms with van der Waals surface area (Å²) in [5.41, 5.74) is 0. The minimum atomic E-state index is -3.69. The van der Waals surface area contributed by atoms with Gasteiger partial charge in [0.2, 0.25) is 0 Å². The SMILES string of the molecule is CCC1OCCC1CNS(=O)(=O)c1c(Cl)nc2sccn12. The summed E-state index contributed by atoms with van der Waals surface area (Å²) in [7, 11) is -3.69. The summed E-state index contributed by atoms with van der Waals surface area (Å²) in [5, 5.41) is 1.78. The van der Waals surface area contributed by atoms with Crippen LogP contribution in [0.25, 0.3) is 4.96 Å². The van der Waals surface area contributed by atoms with Gasteiger partial charge in [0.25, 0.3) is 10.0 Å². The molecular formula is C12H16ClN3O3S2. The van der Waals surface area contributed by atoms with Gasteiger partial charge in [0.1, 0.15) is 0 Å². The van der Waals surface area contributed by atoms with Gasteiger partial charge in [0.05, 0.1) is 6.10 Å². The van der Waals surface area contributed by atoms with Crippen LogP contribution in [0.3, 0.4) is 0 Å². The number of imidazole rings is 1. The fourth-order valence-electron chi connectivity index (χ4n) is 2.64. The number of nitrogens with one attached hydrogen (secondary N) is 1. The van der Waals surface area contributed by atoms with Gasteiger partial charge in [-0.25, -0.2) is 18.1 Å². The highest BCUT2D eigenvalue weighted by molar-refractivity contribution is 7.89. The smallest absolute Gasteiger partial charge is 0.259 e. The molecule has 2 aromatic rings. The maximum Gasteiger partial charge on any atom is 0.259 e. The van der Waals surface area contributed by atoms with Crippen LogP contribution in [0.1, 0.15) is 19.8 Å². The highest BCUT2D eigenvalue weighted by Gasteiger charge is 2.30. The highest BCUT2D eigenvalue weighted by Crippen LogP contribution is 2.27. The number of thiazole rings is 1. The van der Waals surface area contributed by atoms with E-state index in [-0.39, 0.29) is 22.2 Å². The van der Waals surface area contributed by atoms with Crippen LogP contribution in [0.2, 0.25) is 5.15 Å². The van der Waals surface area contributed by atoms with E-state index >= 15 is 0 Å². The van der Waals surface area contributed by atoms with Crippen molar-refractivity contribution in [2.24, 2.45) is 5.92 Å². The van der Waals surface area contributed by atoms with E-state index in [1.165, 1.54) is 15.7 Å². The molecule has 1 N–H and O–H groups in total. The van der Waals surface area contributed by atoms with Crippen molar-refractivity contribution < 1.29 is 13.2 Å². The van der Waals surface area contributed by atoms with Crippen LogP contribution in [0.15, 0.2) is 16.6 Å². The van der Waals surface area contributed by atoms with Gasteiger partial charge in [0.15, 0.2) is 15.1 Å². The minimum absolute atomic E-state index is 0.00376. The number of halogens is 1. The average Bonchev–Trinajstić information content (AvgIpc) is 3.10. The first kappa shape index (κ1) is 15.2. The zero-order valence-electron chi connectivity index (χ0n) is 11.5. The number of nitrogens with zero attached hydrogens (tertiary/aromatic N) is 2. The predicted octanol–water partition coefficient (Wildman–Crippen LogP) is 2.14. The lowest BCUT2D eigenvalue weighted by Crippen LogP contribution is -2.33. The quantitative estimate of drug-likeness (QED) is 0.897. The molecule has 0 amide bonds. The van der Waals surface area contributed by atoms with Crippen molar-refractivity contribution in [1.82, 2.24) is 14.1 Å². The molecule has 6 nitrogen and oxygen atoms in total. The Kier molecular flexibility index (Phi) is 4.24. The molecule has 2 aromatic heterocycles. The number of rotatable bonds is 5. The van der Waals surface area contributed by atoms with Crippen LogP contribution >= 0.6 is 22.9 Å². The van der Waals surface area contributed by atoms with Gasteiger partial charge in [0, 0.05) is 30.6 Å². The van der Waals surface area contributed by atoms with E-state index in [0.29, 0.717) is 18.1 Å². The molecule has 0 spiro atoms. The number of sulfonamides is 1. The highest BCUT2D eigenvalue weighted by atomic mass is 35.5. The van der Waals surface area contributed by atoms with Crippen molar-refractivity contribution >= 4 is 37.9 Å². The van der Waals surface area contributed by atoms with Crippen molar-refractivity contribution in [2.45, 2.75) is 30.9 Å². The molecule has 0 bridgehead atoms. The molecule has 1 saturated heterocycles. The maximum absolute atomic E-state index is 12.5. The van der Waals surface area contributed by atoms with Crippen LogP contribution in [-0.2, 0) is 14.8 Å². The zero-order valence-corrected chi connectivity index (χ0v) is 13.8. The Balaban J connectivity index is 1.81. The molecular weight excluding hydrogens is 334 g/mol. The third-order valence-electron chi connectivity index (χ3n) is 3.72. The molecule has 1 fully saturated rings. The van der Waals surface area contributed by atoms with Gasteiger partial charge in [-0.1, -0.05) is 18.5 Å². The lowest BCUT2D eigenvalue weighted by molar-refractivity contribution is 0.0884. The van der Waals surface area contributed by atoms with Gasteiger partial charge >= 0.3 is 0 Å². The number of ether oxygens (including phenoxy) is 1. The zero-order chi connectivity index (χ0) is 15.0. The fraction of sp³-hybridized carbons (Fsp3) is 0.583. The van der Waals surface area contributed by atoms with Crippen LogP contribution in [-0.4, -0.2) is 37.1 Å². The lowest BCUT2D eigenvalue weighted by Gasteiger charge is -2.17. The van der Waals surface area contributed by atoms with Crippen LogP contribution in [0.4, 0.5) is 0 Å². The summed E-state index contributed by atoms with van der Waals surface area (Å²) in [6, 6.07) is 0. The Hall–Kier alpha value is -0.670. The average molecular weight is 350 g/mol. The predicted molar refractivity (Wildman–Crippen MR) is 81.4 cm³/mol. The molecule has 3 heterocycles. The third kappa shape index (κ3) is 2.83. The van der Waals surface area contributed by atoms with Gasteiger partial charge in [-0.15, -0.1) is 11.3 Å². The molecule has 116 valence electrons. The van der Waals surface area contributed by atoms with E-state index in [1.807, 2.05) is 6.92 Å². The van der Waals surface area contributed by atoms with E-state index in [4.69, 9.17) is 16.3 Å². The van der Waals surface area contributed by atoms with Gasteiger partial charge in [-0.3, -0.25) is 4.40 Å². The van der Waals surface area contributed by atoms with Crippen molar-refractivity contribution in [3.63, 3.8) is 0 Å². The van der Waals surface area contributed by atoms with E-state index < -0.39 is 10.0 Å². The second-order valence-corrected chi connectivity index (χ2v) is 7.89. The number of hydrogen-bond acceptors (Lipinski definition) is 5. The van der Waals surface area contributed by atoms with E-state index in [1.54, 1.807) is 11.6 Å². The molecule has 1 aliphatic rings. The summed E-state index contributed by atoms with van der Waals surface area (Å²) < 4.78 is 34.7. The molecule has 2 unspecified atom stereocenters. The molecule has 2 atom stereocenters. The monoisotopic (exact) mass is 349 g/mol. The van der Waals surface area contributed by atoms with Crippen molar-refractivity contribution in [2.75, 3.05) is 13.2 Å². The Morgan fingerprint density at radius 1 is 1.62 bits per heavy atom. The second-order valence-electron chi connectivity index (χ2n) is 4.98. The van der Waals surface area contributed by atoms with Crippen LogP contribution in [0, 0.1) is 5.92 Å². The fourth-order valence-corrected chi connectivity index (χ4v) is 5.18. The summed E-state index contributed by atoms with van der Waals surface area (Å²) in [4.78, 5) is 4.62. The lowest BCUT2D eigenvalue weighted by atomic mass is 10.0. The Morgan fingerprint density at radius 2 is 2.43 bits per heavy atom. The summed E-state index contributed by atoms with van der Waals surface area (Å²) in [6.45, 7) is 3.09. The molecule has 0 saturated carbocycles. The van der Waals surface area contributed by atoms with Crippen molar-refractivity contribution in [3.8, 4) is 0 Å². The Labute approximate surface area is 132 Å². The maximum atomic E-state index is 12.5. The first-order chi connectivity index (χ1) is 10.0. The van der Waals surface area contributed by atoms with Gasteiger partial charge < -0.3 is 4.74 Å². The molecule has 9 heteroatoms. The first-order valence-corrected chi connectivity index (χ1v) is 9.49. The van der Waals surface area contributed by atoms with E-state index in [9.17, 15) is 8.42 Å². The van der Waals surface area contributed by atoms with Crippen LogP contribution in [0.5, 0.6) is 0 Å². The summed E-state index contributed by atoms with van der Waals surface area (Å²) in [6.07, 6.45) is 3.53. The minimum Gasteiger partial charge on any atom is -0.378 e. The van der Waals surface area contributed by atoms with E-state index in [2.05, 4.69) is 9.71 Å². The molecule has 0 radical (unpaired) electrons. The topological polar surface area (TPSA) is 72.7 Å². The Bertz CT molecular complexity index is 740. The van der Waals surface area contributed by atoms with Gasteiger partial charge in [-0.05, 0) is 12.8 Å². The van der Waals surface area contributed by atoms with E-state index in [0.717, 1.165) is 12.8 Å². The van der Waals surface area contributed by atoms with Crippen molar-refractivity contribution in [1.29, 1.82) is 0 Å². The molecule has 0 aliphatic carbocycles. The number of hydrogen-bond donors (Lipinski definition) is 1. The third-order valence-corrected chi connectivity index (χ3v) is 6.30. The molecule has 21 heavy (non-hydrogen) atoms. The second kappa shape index (κ2) is 5.85. The Morgan fingerprint density at radius 3 is 3.19 bits per heavy atom. The normalized spacial score (nSPS) is 23.1. The standard InChI is InChI=1S/C12H16ClN3O3S2/c1-2-9-8(3-5-19-9)7-14-21(17,18)11-10(13)15-12-16(11)4-6-20-12/h4,6,8-9,14H,2-3,5,7H2,1H3. The van der Waals surface area contributed by atoms with Crippen LogP contribution < -0.4 is 4.72 Å². The van der Waals surface area contributed by atoms with Gasteiger partial charge in [-0.2, -0.15) is 0 Å². The summed E-state index contributed by atoms with van der Waals surface area (Å²) in [5.74, 6) is 0.203. The van der Waals surface area contributed by atoms with Crippen molar-refractivity contribution in [3.05, 3.63) is 16.7 Å². The molecule has 3 rings (SSSR count). The molecule has 1 aliphatic heterocycles.